The molecule has 6 heteroatoms. The third kappa shape index (κ3) is 5.67. The number of aryl methyl sites for hydroxylation is 1. The van der Waals surface area contributed by atoms with Gasteiger partial charge in [0.2, 0.25) is 0 Å². The monoisotopic (exact) mass is 389 g/mol. The van der Waals surface area contributed by atoms with Gasteiger partial charge in [-0.2, -0.15) is 0 Å². The van der Waals surface area contributed by atoms with Crippen LogP contribution in [0.1, 0.15) is 38.8 Å². The second-order valence-electron chi connectivity index (χ2n) is 7.78. The summed E-state index contributed by atoms with van der Waals surface area (Å²) in [5, 5.41) is 13.0. The van der Waals surface area contributed by atoms with Crippen molar-refractivity contribution in [2.45, 2.75) is 53.2 Å². The molecule has 1 aliphatic rings. The van der Waals surface area contributed by atoms with Crippen molar-refractivity contribution in [2.75, 3.05) is 13.2 Å². The molecule has 1 aromatic carbocycles. The SMILES string of the molecule is C=C(C)C(O)OCC(C)(COC1(C)NC1=CC)C(=O)OCc1ccc(C)cc1. The van der Waals surface area contributed by atoms with E-state index >= 15 is 0 Å². The number of nitrogens with one attached hydrogen (secondary N) is 1. The zero-order valence-corrected chi connectivity index (χ0v) is 17.4. The number of allylic oxidation sites excluding steroid dienone is 1. The van der Waals surface area contributed by atoms with Gasteiger partial charge >= 0.3 is 5.97 Å². The van der Waals surface area contributed by atoms with Crippen LogP contribution in [-0.4, -0.2) is 36.3 Å². The first-order valence-electron chi connectivity index (χ1n) is 9.36. The molecule has 0 aliphatic carbocycles. The van der Waals surface area contributed by atoms with E-state index in [9.17, 15) is 9.90 Å². The van der Waals surface area contributed by atoms with Crippen LogP contribution >= 0.6 is 0 Å². The van der Waals surface area contributed by atoms with Crippen molar-refractivity contribution in [3.05, 3.63) is 59.3 Å². The zero-order valence-electron chi connectivity index (χ0n) is 17.4. The minimum Gasteiger partial charge on any atom is -0.460 e. The average Bonchev–Trinajstić information content (AvgIpc) is 3.34. The molecule has 28 heavy (non-hydrogen) atoms. The Kier molecular flexibility index (Phi) is 7.04. The first-order valence-corrected chi connectivity index (χ1v) is 9.36. The molecule has 0 aromatic heterocycles. The maximum atomic E-state index is 12.9. The van der Waals surface area contributed by atoms with Gasteiger partial charge in [-0.1, -0.05) is 42.5 Å². The van der Waals surface area contributed by atoms with Crippen LogP contribution in [0.2, 0.25) is 0 Å². The Balaban J connectivity index is 2.03. The number of rotatable bonds is 10. The number of aliphatic hydroxyl groups is 1. The molecule has 154 valence electrons. The van der Waals surface area contributed by atoms with Crippen LogP contribution < -0.4 is 5.32 Å². The summed E-state index contributed by atoms with van der Waals surface area (Å²) in [6, 6.07) is 7.78. The molecule has 0 amide bonds. The van der Waals surface area contributed by atoms with Crippen molar-refractivity contribution >= 4 is 5.97 Å². The fourth-order valence-corrected chi connectivity index (χ4v) is 2.56. The summed E-state index contributed by atoms with van der Waals surface area (Å²) in [7, 11) is 0. The number of hydrogen-bond acceptors (Lipinski definition) is 6. The molecule has 2 rings (SSSR count). The normalized spacial score (nSPS) is 22.9. The molecular weight excluding hydrogens is 358 g/mol. The van der Waals surface area contributed by atoms with Gasteiger partial charge in [-0.25, -0.2) is 0 Å². The van der Waals surface area contributed by atoms with Crippen LogP contribution in [0.4, 0.5) is 0 Å². The molecule has 0 bridgehead atoms. The molecule has 1 aromatic rings. The van der Waals surface area contributed by atoms with E-state index in [1.54, 1.807) is 13.8 Å². The fraction of sp³-hybridized carbons (Fsp3) is 0.500. The number of benzene rings is 1. The second-order valence-corrected chi connectivity index (χ2v) is 7.78. The number of carbonyl (C=O) groups excluding carboxylic acids is 1. The molecular formula is C22H31NO5. The van der Waals surface area contributed by atoms with Gasteiger partial charge in [-0.15, -0.1) is 0 Å². The summed E-state index contributed by atoms with van der Waals surface area (Å²) in [6.07, 6.45) is 0.777. The highest BCUT2D eigenvalue weighted by Gasteiger charge is 2.47. The zero-order chi connectivity index (χ0) is 20.9. The maximum Gasteiger partial charge on any atom is 0.316 e. The molecule has 3 unspecified atom stereocenters. The highest BCUT2D eigenvalue weighted by Crippen LogP contribution is 2.34. The van der Waals surface area contributed by atoms with Crippen LogP contribution in [0, 0.1) is 12.3 Å². The first-order chi connectivity index (χ1) is 13.1. The summed E-state index contributed by atoms with van der Waals surface area (Å²) in [5.74, 6) is -0.451. The van der Waals surface area contributed by atoms with Crippen LogP contribution in [0.25, 0.3) is 0 Å². The van der Waals surface area contributed by atoms with Crippen molar-refractivity contribution in [3.8, 4) is 0 Å². The molecule has 3 atom stereocenters. The van der Waals surface area contributed by atoms with Gasteiger partial charge in [-0.3, -0.25) is 4.79 Å². The Bertz CT molecular complexity index is 742. The van der Waals surface area contributed by atoms with Gasteiger partial charge in [0, 0.05) is 0 Å². The lowest BCUT2D eigenvalue weighted by molar-refractivity contribution is -0.175. The largest absolute Gasteiger partial charge is 0.460 e. The van der Waals surface area contributed by atoms with Gasteiger partial charge < -0.3 is 24.6 Å². The van der Waals surface area contributed by atoms with E-state index in [2.05, 4.69) is 11.9 Å². The Morgan fingerprint density at radius 1 is 1.36 bits per heavy atom. The van der Waals surface area contributed by atoms with E-state index in [1.807, 2.05) is 51.1 Å². The van der Waals surface area contributed by atoms with Gasteiger partial charge in [0.05, 0.1) is 18.9 Å². The van der Waals surface area contributed by atoms with E-state index in [0.717, 1.165) is 16.8 Å². The standard InChI is InChI=1S/C22H31NO5/c1-7-18-22(6,23-18)28-14-21(5,13-27-19(24)15(2)3)20(25)26-12-17-10-8-16(4)9-11-17/h7-11,19,23-24H,2,12-14H2,1,3-6H3. The highest BCUT2D eigenvalue weighted by molar-refractivity contribution is 5.76. The van der Waals surface area contributed by atoms with E-state index < -0.39 is 23.4 Å². The first kappa shape index (κ1) is 22.1. The van der Waals surface area contributed by atoms with Crippen LogP contribution in [0.3, 0.4) is 0 Å². The minimum absolute atomic E-state index is 0.0605. The van der Waals surface area contributed by atoms with Gasteiger partial charge in [0.15, 0.2) is 12.0 Å². The van der Waals surface area contributed by atoms with Crippen molar-refractivity contribution in [3.63, 3.8) is 0 Å². The third-order valence-corrected chi connectivity index (χ3v) is 4.76. The molecule has 6 nitrogen and oxygen atoms in total. The number of hydrogen-bond donors (Lipinski definition) is 2. The Hall–Kier alpha value is -2.15. The smallest absolute Gasteiger partial charge is 0.316 e. The second kappa shape index (κ2) is 8.90. The van der Waals surface area contributed by atoms with E-state index in [4.69, 9.17) is 14.2 Å². The minimum atomic E-state index is -1.15. The molecule has 2 N–H and O–H groups in total. The van der Waals surface area contributed by atoms with Gasteiger partial charge in [-0.05, 0) is 45.8 Å². The predicted molar refractivity (Wildman–Crippen MR) is 107 cm³/mol. The Morgan fingerprint density at radius 3 is 2.54 bits per heavy atom. The molecule has 1 heterocycles. The van der Waals surface area contributed by atoms with Crippen molar-refractivity contribution in [1.29, 1.82) is 0 Å². The fourth-order valence-electron chi connectivity index (χ4n) is 2.56. The molecule has 0 saturated carbocycles. The van der Waals surface area contributed by atoms with Crippen molar-refractivity contribution in [1.82, 2.24) is 5.32 Å². The lowest BCUT2D eigenvalue weighted by Gasteiger charge is -2.29. The van der Waals surface area contributed by atoms with Crippen molar-refractivity contribution < 1.29 is 24.1 Å². The summed E-state index contributed by atoms with van der Waals surface area (Å²) >= 11 is 0. The number of esters is 1. The quantitative estimate of drug-likeness (QED) is 0.277. The predicted octanol–water partition coefficient (Wildman–Crippen LogP) is 3.20. The maximum absolute atomic E-state index is 12.9. The topological polar surface area (TPSA) is 86.9 Å². The average molecular weight is 389 g/mol. The van der Waals surface area contributed by atoms with E-state index in [-0.39, 0.29) is 19.8 Å². The summed E-state index contributed by atoms with van der Waals surface area (Å²) in [5.41, 5.74) is 1.79. The van der Waals surface area contributed by atoms with Gasteiger partial charge in [0.1, 0.15) is 12.0 Å². The Morgan fingerprint density at radius 2 is 2.00 bits per heavy atom. The molecule has 1 saturated heterocycles. The van der Waals surface area contributed by atoms with Gasteiger partial charge in [0.25, 0.3) is 0 Å². The summed E-state index contributed by atoms with van der Waals surface area (Å²) in [6.45, 7) is 13.0. The lowest BCUT2D eigenvalue weighted by atomic mass is 9.93. The summed E-state index contributed by atoms with van der Waals surface area (Å²) < 4.78 is 16.9. The van der Waals surface area contributed by atoms with Crippen molar-refractivity contribution in [2.24, 2.45) is 5.41 Å². The molecule has 0 radical (unpaired) electrons. The molecule has 1 fully saturated rings. The highest BCUT2D eigenvalue weighted by atomic mass is 16.6. The lowest BCUT2D eigenvalue weighted by Crippen LogP contribution is -2.41. The number of ether oxygens (including phenoxy) is 3. The summed E-state index contributed by atoms with van der Waals surface area (Å²) in [4.78, 5) is 12.9. The molecule has 1 aliphatic heterocycles. The third-order valence-electron chi connectivity index (χ3n) is 4.76. The van der Waals surface area contributed by atoms with E-state index in [0.29, 0.717) is 5.57 Å². The van der Waals surface area contributed by atoms with E-state index in [1.165, 1.54) is 0 Å². The van der Waals surface area contributed by atoms with Crippen LogP contribution in [0.5, 0.6) is 0 Å². The number of carbonyl (C=O) groups is 1. The molecule has 0 spiro atoms. The van der Waals surface area contributed by atoms with Crippen LogP contribution in [0.15, 0.2) is 48.2 Å². The van der Waals surface area contributed by atoms with Crippen LogP contribution in [-0.2, 0) is 25.6 Å². The Labute approximate surface area is 167 Å². The number of aliphatic hydroxyl groups excluding tert-OH is 1.